The van der Waals surface area contributed by atoms with Crippen LogP contribution in [-0.2, 0) is 0 Å². The van der Waals surface area contributed by atoms with Crippen molar-refractivity contribution in [1.29, 1.82) is 10.5 Å². The van der Waals surface area contributed by atoms with Crippen molar-refractivity contribution in [2.24, 2.45) is 9.98 Å². The molecule has 100 valence electrons. The monoisotopic (exact) mass is 280 g/mol. The quantitative estimate of drug-likeness (QED) is 0.469. The van der Waals surface area contributed by atoms with Gasteiger partial charge in [0, 0.05) is 27.8 Å². The van der Waals surface area contributed by atoms with E-state index in [1.165, 1.54) is 0 Å². The highest BCUT2D eigenvalue weighted by Gasteiger charge is 2.26. The lowest BCUT2D eigenvalue weighted by Crippen LogP contribution is -2.22. The molecule has 0 aromatic heterocycles. The van der Waals surface area contributed by atoms with Gasteiger partial charge in [-0.05, 0) is 12.1 Å². The summed E-state index contributed by atoms with van der Waals surface area (Å²) >= 11 is 0. The Balaban J connectivity index is 2.43. The molecular weight excluding hydrogens is 272 g/mol. The van der Waals surface area contributed by atoms with Gasteiger partial charge in [-0.25, -0.2) is 0 Å². The fourth-order valence-electron chi connectivity index (χ4n) is 2.56. The van der Waals surface area contributed by atoms with Crippen molar-refractivity contribution in [3.05, 3.63) is 70.3 Å². The zero-order valence-electron chi connectivity index (χ0n) is 11.4. The summed E-state index contributed by atoms with van der Waals surface area (Å²) in [6, 6.07) is 12.8. The Kier molecular flexibility index (Phi) is 3.25. The van der Waals surface area contributed by atoms with Crippen LogP contribution < -0.4 is 0 Å². The molecule has 0 atom stereocenters. The molecule has 4 nitrogen and oxygen atoms in total. The highest BCUT2D eigenvalue weighted by atomic mass is 14.8. The summed E-state index contributed by atoms with van der Waals surface area (Å²) in [6.45, 7) is 0. The van der Waals surface area contributed by atoms with Crippen molar-refractivity contribution < 1.29 is 0 Å². The first-order chi connectivity index (χ1) is 10.8. The van der Waals surface area contributed by atoms with Crippen molar-refractivity contribution in [1.82, 2.24) is 0 Å². The van der Waals surface area contributed by atoms with Crippen molar-refractivity contribution in [3.63, 3.8) is 0 Å². The van der Waals surface area contributed by atoms with E-state index in [2.05, 4.69) is 15.9 Å². The summed E-state index contributed by atoms with van der Waals surface area (Å²) in [4.78, 5) is 7.90. The second-order valence-electron chi connectivity index (χ2n) is 4.57. The predicted octanol–water partition coefficient (Wildman–Crippen LogP) is 2.62. The fourth-order valence-corrected chi connectivity index (χ4v) is 2.56. The van der Waals surface area contributed by atoms with Crippen LogP contribution in [-0.4, -0.2) is 11.4 Å². The first-order valence-corrected chi connectivity index (χ1v) is 6.45. The van der Waals surface area contributed by atoms with Gasteiger partial charge >= 0.3 is 0 Å². The second kappa shape index (κ2) is 5.37. The smallest absolute Gasteiger partial charge is 0.172 e. The topological polar surface area (TPSA) is 72.3 Å². The molecule has 2 aromatic carbocycles. The average molecular weight is 280 g/mol. The number of nitrogens with zero attached hydrogens (tertiary/aromatic N) is 4. The minimum atomic E-state index is 0.544. The van der Waals surface area contributed by atoms with E-state index >= 15 is 0 Å². The Labute approximate surface area is 127 Å². The first kappa shape index (κ1) is 13.3. The highest BCUT2D eigenvalue weighted by Crippen LogP contribution is 2.29. The molecule has 0 aliphatic heterocycles. The van der Waals surface area contributed by atoms with E-state index in [-0.39, 0.29) is 0 Å². The Hall–Kier alpha value is -3.68. The molecule has 0 heterocycles. The summed E-state index contributed by atoms with van der Waals surface area (Å²) in [6.07, 6.45) is 9.13. The molecular formula is C18H8N4. The Morgan fingerprint density at radius 2 is 1.32 bits per heavy atom. The molecule has 0 radical (unpaired) electrons. The van der Waals surface area contributed by atoms with E-state index in [4.69, 9.17) is 16.9 Å². The van der Waals surface area contributed by atoms with Gasteiger partial charge in [0.1, 0.15) is 0 Å². The summed E-state index contributed by atoms with van der Waals surface area (Å²) in [5.74, 6) is 2.57. The zero-order chi connectivity index (χ0) is 15.5. The van der Waals surface area contributed by atoms with Crippen LogP contribution in [0, 0.1) is 35.3 Å². The van der Waals surface area contributed by atoms with Crippen LogP contribution in [0.5, 0.6) is 0 Å². The lowest BCUT2D eigenvalue weighted by molar-refractivity contribution is 1.38. The van der Waals surface area contributed by atoms with Crippen molar-refractivity contribution in [2.45, 2.75) is 0 Å². The minimum Gasteiger partial charge on any atom is -0.172 e. The summed E-state index contributed by atoms with van der Waals surface area (Å²) in [7, 11) is 0. The molecule has 2 aromatic rings. The van der Waals surface area contributed by atoms with Crippen LogP contribution in [0.4, 0.5) is 0 Å². The lowest BCUT2D eigenvalue weighted by Gasteiger charge is -2.22. The number of hydrogen-bond acceptors (Lipinski definition) is 4. The molecule has 0 saturated heterocycles. The minimum absolute atomic E-state index is 0.544. The van der Waals surface area contributed by atoms with Crippen molar-refractivity contribution in [2.75, 3.05) is 0 Å². The predicted molar refractivity (Wildman–Crippen MR) is 83.3 cm³/mol. The number of fused-ring (bicyclic) bond motifs is 2. The molecule has 22 heavy (non-hydrogen) atoms. The third-order valence-electron chi connectivity index (χ3n) is 3.46. The summed E-state index contributed by atoms with van der Waals surface area (Å²) < 4.78 is 0. The van der Waals surface area contributed by atoms with Crippen LogP contribution in [0.2, 0.25) is 0 Å². The van der Waals surface area contributed by atoms with E-state index < -0.39 is 0 Å². The van der Waals surface area contributed by atoms with Gasteiger partial charge < -0.3 is 0 Å². The molecule has 0 spiro atoms. The summed E-state index contributed by atoms with van der Waals surface area (Å²) in [5.41, 5.74) is 4.78. The van der Waals surface area contributed by atoms with Gasteiger partial charge in [0.15, 0.2) is 0 Å². The second-order valence-corrected chi connectivity index (χ2v) is 4.57. The van der Waals surface area contributed by atoms with Crippen LogP contribution in [0.1, 0.15) is 27.8 Å². The van der Waals surface area contributed by atoms with E-state index in [1.807, 2.05) is 42.7 Å². The third-order valence-corrected chi connectivity index (χ3v) is 3.46. The number of aliphatic imine (C=N–C) groups is 2. The zero-order valence-corrected chi connectivity index (χ0v) is 11.4. The number of terminal acetylenes is 1. The van der Waals surface area contributed by atoms with Gasteiger partial charge in [0.25, 0.3) is 0 Å². The van der Waals surface area contributed by atoms with Crippen molar-refractivity contribution in [3.8, 4) is 24.7 Å². The van der Waals surface area contributed by atoms with Crippen LogP contribution in [0.15, 0.2) is 52.4 Å². The molecule has 0 N–H and O–H groups in total. The van der Waals surface area contributed by atoms with Crippen LogP contribution in [0.3, 0.4) is 0 Å². The number of benzene rings is 2. The maximum atomic E-state index is 9.01. The maximum absolute atomic E-state index is 9.01. The highest BCUT2D eigenvalue weighted by molar-refractivity contribution is 6.32. The van der Waals surface area contributed by atoms with E-state index in [0.29, 0.717) is 22.6 Å². The first-order valence-electron chi connectivity index (χ1n) is 6.45. The molecule has 0 bridgehead atoms. The normalized spacial score (nSPS) is 15.3. The molecule has 1 aliphatic carbocycles. The molecule has 0 unspecified atom stereocenters. The third kappa shape index (κ3) is 1.95. The molecule has 0 amide bonds. The van der Waals surface area contributed by atoms with E-state index in [1.54, 1.807) is 12.1 Å². The van der Waals surface area contributed by atoms with Crippen LogP contribution >= 0.6 is 0 Å². The summed E-state index contributed by atoms with van der Waals surface area (Å²) in [5, 5.41) is 18.0. The molecule has 0 fully saturated rings. The SMILES string of the molecule is C#Cc1ccc2c(c1)C(=NC#N)c1ccccc1C2=NC#N. The van der Waals surface area contributed by atoms with Crippen LogP contribution in [0.25, 0.3) is 0 Å². The molecule has 1 aliphatic rings. The van der Waals surface area contributed by atoms with Gasteiger partial charge in [-0.15, -0.1) is 6.42 Å². The molecule has 3 rings (SSSR count). The Bertz CT molecular complexity index is 960. The number of nitriles is 2. The number of hydrogen-bond donors (Lipinski definition) is 0. The largest absolute Gasteiger partial charge is 0.206 e. The van der Waals surface area contributed by atoms with Gasteiger partial charge in [-0.2, -0.15) is 20.5 Å². The molecule has 4 heteroatoms. The standard InChI is InChI=1S/C18H8N4/c1-2-12-7-8-15-16(9-12)18(22-11-20)14-6-4-3-5-13(14)17(15)21-10-19/h1,3-9H. The van der Waals surface area contributed by atoms with Crippen molar-refractivity contribution >= 4 is 11.4 Å². The Morgan fingerprint density at radius 1 is 0.773 bits per heavy atom. The Morgan fingerprint density at radius 3 is 1.86 bits per heavy atom. The van der Waals surface area contributed by atoms with Gasteiger partial charge in [-0.1, -0.05) is 36.3 Å². The number of rotatable bonds is 0. The van der Waals surface area contributed by atoms with Gasteiger partial charge in [-0.3, -0.25) is 0 Å². The maximum Gasteiger partial charge on any atom is 0.206 e. The van der Waals surface area contributed by atoms with Gasteiger partial charge in [0.05, 0.1) is 11.4 Å². The average Bonchev–Trinajstić information content (AvgIpc) is 2.57. The van der Waals surface area contributed by atoms with E-state index in [9.17, 15) is 0 Å². The molecule has 0 saturated carbocycles. The lowest BCUT2D eigenvalue weighted by atomic mass is 9.82. The fraction of sp³-hybridized carbons (Fsp3) is 0. The van der Waals surface area contributed by atoms with Gasteiger partial charge in [0.2, 0.25) is 12.4 Å². The van der Waals surface area contributed by atoms with E-state index in [0.717, 1.165) is 16.7 Å².